The van der Waals surface area contributed by atoms with E-state index in [1.54, 1.807) is 13.0 Å². The summed E-state index contributed by atoms with van der Waals surface area (Å²) in [5.74, 6) is 1.85. The maximum absolute atomic E-state index is 13.5. The number of likely N-dealkylation sites (N-methyl/N-ethyl adjacent to an activating group) is 1. The molecular weight excluding hydrogens is 424 g/mol. The molecule has 3 saturated carbocycles. The Bertz CT molecular complexity index is 1050. The summed E-state index contributed by atoms with van der Waals surface area (Å²) in [6.07, 6.45) is 10.4. The molecule has 3 aliphatic carbocycles. The molecule has 0 bridgehead atoms. The van der Waals surface area contributed by atoms with Crippen molar-refractivity contribution in [2.75, 3.05) is 11.9 Å². The third-order valence-corrected chi connectivity index (χ3v) is 10.2. The molecule has 1 heterocycles. The molecule has 0 unspecified atom stereocenters. The number of Topliss-reactive ketones (excluding diaryl/α,β-unsaturated/α-hetero) is 1. The van der Waals surface area contributed by atoms with Gasteiger partial charge in [0.1, 0.15) is 0 Å². The first kappa shape index (κ1) is 23.3. The molecule has 1 aromatic rings. The minimum atomic E-state index is -0.0305. The van der Waals surface area contributed by atoms with E-state index in [9.17, 15) is 14.4 Å². The number of para-hydroxylation sites is 1. The van der Waals surface area contributed by atoms with Crippen LogP contribution in [0.2, 0.25) is 0 Å². The SMILES string of the molecule is CCN1C(=O)C=C[C@]2(C)[C@H]3CC[C@]4(C)[C@@H](C(=O)Nc5ccccc5C(C)=O)CC[C@H]4[C@@H]3CC[C@@H]12. The molecule has 182 valence electrons. The first-order valence-electron chi connectivity index (χ1n) is 13.1. The van der Waals surface area contributed by atoms with Crippen LogP contribution in [-0.4, -0.2) is 35.1 Å². The Morgan fingerprint density at radius 1 is 1.06 bits per heavy atom. The Balaban J connectivity index is 1.38. The summed E-state index contributed by atoms with van der Waals surface area (Å²) in [4.78, 5) is 40.2. The van der Waals surface area contributed by atoms with Gasteiger partial charge in [-0.15, -0.1) is 0 Å². The maximum Gasteiger partial charge on any atom is 0.246 e. The summed E-state index contributed by atoms with van der Waals surface area (Å²) in [6, 6.07) is 7.62. The molecule has 1 aromatic carbocycles. The van der Waals surface area contributed by atoms with Crippen LogP contribution in [0.25, 0.3) is 0 Å². The van der Waals surface area contributed by atoms with Gasteiger partial charge in [-0.2, -0.15) is 0 Å². The van der Waals surface area contributed by atoms with Crippen molar-refractivity contribution in [2.45, 2.75) is 72.3 Å². The monoisotopic (exact) mass is 462 g/mol. The zero-order chi connectivity index (χ0) is 24.3. The first-order chi connectivity index (χ1) is 16.2. The molecule has 0 spiro atoms. The van der Waals surface area contributed by atoms with Crippen LogP contribution >= 0.6 is 0 Å². The highest BCUT2D eigenvalue weighted by molar-refractivity contribution is 6.04. The fourth-order valence-corrected chi connectivity index (χ4v) is 8.52. The van der Waals surface area contributed by atoms with Crippen LogP contribution in [0.1, 0.15) is 76.6 Å². The van der Waals surface area contributed by atoms with E-state index in [0.717, 1.165) is 45.1 Å². The van der Waals surface area contributed by atoms with E-state index < -0.39 is 0 Å². The highest BCUT2D eigenvalue weighted by Crippen LogP contribution is 2.65. The minimum Gasteiger partial charge on any atom is -0.336 e. The molecule has 5 heteroatoms. The van der Waals surface area contributed by atoms with Crippen molar-refractivity contribution < 1.29 is 14.4 Å². The number of carbonyl (C=O) groups excluding carboxylic acids is 3. The second kappa shape index (κ2) is 8.35. The average molecular weight is 463 g/mol. The number of amides is 2. The molecule has 7 atom stereocenters. The van der Waals surface area contributed by atoms with E-state index >= 15 is 0 Å². The molecule has 34 heavy (non-hydrogen) atoms. The summed E-state index contributed by atoms with van der Waals surface area (Å²) in [5, 5.41) is 3.12. The molecular formula is C29H38N2O3. The molecule has 1 aliphatic heterocycles. The van der Waals surface area contributed by atoms with Gasteiger partial charge in [0.25, 0.3) is 0 Å². The van der Waals surface area contributed by atoms with E-state index in [2.05, 4.69) is 37.1 Å². The normalized spacial score (nSPS) is 38.6. The number of ketones is 1. The number of nitrogens with zero attached hydrogens (tertiary/aromatic N) is 1. The summed E-state index contributed by atoms with van der Waals surface area (Å²) < 4.78 is 0. The van der Waals surface area contributed by atoms with Gasteiger partial charge in [-0.25, -0.2) is 0 Å². The van der Waals surface area contributed by atoms with Gasteiger partial charge in [-0.1, -0.05) is 32.1 Å². The van der Waals surface area contributed by atoms with Crippen LogP contribution in [0.4, 0.5) is 5.69 Å². The molecule has 5 nitrogen and oxygen atoms in total. The molecule has 0 radical (unpaired) electrons. The van der Waals surface area contributed by atoms with Crippen molar-refractivity contribution in [2.24, 2.45) is 34.5 Å². The van der Waals surface area contributed by atoms with Crippen LogP contribution in [0.15, 0.2) is 36.4 Å². The predicted molar refractivity (Wildman–Crippen MR) is 133 cm³/mol. The summed E-state index contributed by atoms with van der Waals surface area (Å²) in [7, 11) is 0. The zero-order valence-corrected chi connectivity index (χ0v) is 21.0. The minimum absolute atomic E-state index is 0.0156. The van der Waals surface area contributed by atoms with Gasteiger partial charge in [0.2, 0.25) is 11.8 Å². The lowest BCUT2D eigenvalue weighted by molar-refractivity contribution is -0.143. The van der Waals surface area contributed by atoms with Crippen molar-refractivity contribution in [3.05, 3.63) is 42.0 Å². The van der Waals surface area contributed by atoms with Gasteiger partial charge >= 0.3 is 0 Å². The predicted octanol–water partition coefficient (Wildman–Crippen LogP) is 5.47. The van der Waals surface area contributed by atoms with E-state index in [-0.39, 0.29) is 34.3 Å². The average Bonchev–Trinajstić information content (AvgIpc) is 3.17. The zero-order valence-electron chi connectivity index (χ0n) is 21.0. The number of anilines is 1. The quantitative estimate of drug-likeness (QED) is 0.603. The maximum atomic E-state index is 13.5. The van der Waals surface area contributed by atoms with Crippen molar-refractivity contribution in [1.82, 2.24) is 4.90 Å². The van der Waals surface area contributed by atoms with E-state index in [4.69, 9.17) is 0 Å². The lowest BCUT2D eigenvalue weighted by atomic mass is 9.47. The molecule has 2 amide bonds. The lowest BCUT2D eigenvalue weighted by Gasteiger charge is -2.60. The summed E-state index contributed by atoms with van der Waals surface area (Å²) in [6.45, 7) is 9.12. The van der Waals surface area contributed by atoms with Crippen molar-refractivity contribution in [3.63, 3.8) is 0 Å². The topological polar surface area (TPSA) is 66.5 Å². The highest BCUT2D eigenvalue weighted by Gasteiger charge is 2.61. The molecule has 1 N–H and O–H groups in total. The number of hydrogen-bond donors (Lipinski definition) is 1. The van der Waals surface area contributed by atoms with Gasteiger partial charge in [-0.3, -0.25) is 14.4 Å². The molecule has 4 aliphatic rings. The first-order valence-corrected chi connectivity index (χ1v) is 13.1. The Morgan fingerprint density at radius 2 is 1.82 bits per heavy atom. The molecule has 3 fully saturated rings. The number of nitrogens with one attached hydrogen (secondary N) is 1. The van der Waals surface area contributed by atoms with Crippen LogP contribution in [-0.2, 0) is 9.59 Å². The standard InChI is InChI=1S/C29H38N2O3/c1-5-31-25-13-10-20-21-11-12-23(27(34)30-24-9-7-6-8-19(24)18(2)32)28(21,3)16-14-22(20)29(25,4)17-15-26(31)33/h6-9,15,17,20-23,25H,5,10-14,16H2,1-4H3,(H,30,34)/t20-,21-,22-,23+,25+,28-,29+/m0/s1. The van der Waals surface area contributed by atoms with Crippen molar-refractivity contribution in [1.29, 1.82) is 0 Å². The van der Waals surface area contributed by atoms with E-state index in [1.807, 2.05) is 24.3 Å². The van der Waals surface area contributed by atoms with Crippen LogP contribution in [0, 0.1) is 34.5 Å². The van der Waals surface area contributed by atoms with E-state index in [1.165, 1.54) is 0 Å². The Labute approximate surface area is 203 Å². The summed E-state index contributed by atoms with van der Waals surface area (Å²) >= 11 is 0. The number of carbonyl (C=O) groups is 3. The number of rotatable bonds is 4. The lowest BCUT2D eigenvalue weighted by Crippen LogP contribution is -2.60. The van der Waals surface area contributed by atoms with Crippen molar-refractivity contribution in [3.8, 4) is 0 Å². The van der Waals surface area contributed by atoms with Gasteiger partial charge in [0.15, 0.2) is 5.78 Å². The number of fused-ring (bicyclic) bond motifs is 5. The molecule has 0 aromatic heterocycles. The number of benzene rings is 1. The fourth-order valence-electron chi connectivity index (χ4n) is 8.52. The second-order valence-electron chi connectivity index (χ2n) is 11.6. The second-order valence-corrected chi connectivity index (χ2v) is 11.6. The van der Waals surface area contributed by atoms with Crippen LogP contribution in [0.3, 0.4) is 0 Å². The largest absolute Gasteiger partial charge is 0.336 e. The Morgan fingerprint density at radius 3 is 2.56 bits per heavy atom. The highest BCUT2D eigenvalue weighted by atomic mass is 16.2. The summed E-state index contributed by atoms with van der Waals surface area (Å²) in [5.41, 5.74) is 1.21. The molecule has 5 rings (SSSR count). The molecule has 0 saturated heterocycles. The van der Waals surface area contributed by atoms with Gasteiger partial charge < -0.3 is 10.2 Å². The van der Waals surface area contributed by atoms with Gasteiger partial charge in [0.05, 0.1) is 5.69 Å². The third-order valence-electron chi connectivity index (χ3n) is 10.2. The smallest absolute Gasteiger partial charge is 0.246 e. The Hall–Kier alpha value is -2.43. The fraction of sp³-hybridized carbons (Fsp3) is 0.621. The van der Waals surface area contributed by atoms with Crippen LogP contribution < -0.4 is 5.32 Å². The van der Waals surface area contributed by atoms with Gasteiger partial charge in [0, 0.05) is 29.5 Å². The van der Waals surface area contributed by atoms with Gasteiger partial charge in [-0.05, 0) is 93.7 Å². The van der Waals surface area contributed by atoms with E-state index in [0.29, 0.717) is 35.0 Å². The number of hydrogen-bond acceptors (Lipinski definition) is 3. The Kier molecular flexibility index (Phi) is 5.73. The van der Waals surface area contributed by atoms with Crippen LogP contribution in [0.5, 0.6) is 0 Å². The third kappa shape index (κ3) is 3.37. The van der Waals surface area contributed by atoms with Crippen molar-refractivity contribution >= 4 is 23.3 Å².